The lowest BCUT2D eigenvalue weighted by atomic mass is 9.49. The molecule has 1 saturated carbocycles. The van der Waals surface area contributed by atoms with E-state index in [1.165, 1.54) is 0 Å². The molecule has 1 fully saturated rings. The summed E-state index contributed by atoms with van der Waals surface area (Å²) >= 11 is 0. The monoisotopic (exact) mass is 502 g/mol. The Morgan fingerprint density at radius 3 is 2.62 bits per heavy atom. The van der Waals surface area contributed by atoms with E-state index in [0.717, 1.165) is 47.7 Å². The summed E-state index contributed by atoms with van der Waals surface area (Å²) in [6.07, 6.45) is 8.13. The molecule has 0 amide bonds. The minimum atomic E-state index is -0.441. The van der Waals surface area contributed by atoms with Gasteiger partial charge in [0.05, 0.1) is 9.85 Å². The Kier molecular flexibility index (Phi) is 6.16. The lowest BCUT2D eigenvalue weighted by molar-refractivity contribution is -0.396. The van der Waals surface area contributed by atoms with E-state index < -0.39 is 9.85 Å². The minimum absolute atomic E-state index is 0.0384. The summed E-state index contributed by atoms with van der Waals surface area (Å²) in [6.45, 7) is 8.67. The first-order valence-electron chi connectivity index (χ1n) is 13.1. The Balaban J connectivity index is 1.54. The lowest BCUT2D eigenvalue weighted by Gasteiger charge is -2.55. The number of aliphatic imine (C=N–C) groups is 1. The SMILES string of the molecule is CC(C)c1c([N+](=O)[O-])cc2c(c1[N+](=O)[O-])CCC1C(C)(CN=Cc3c[nH]c4ccccc34)CCCC21C. The van der Waals surface area contributed by atoms with E-state index in [4.69, 9.17) is 4.99 Å². The van der Waals surface area contributed by atoms with E-state index in [2.05, 4.69) is 24.9 Å². The second kappa shape index (κ2) is 9.08. The van der Waals surface area contributed by atoms with Gasteiger partial charge in [0.25, 0.3) is 11.4 Å². The number of hydrogen-bond acceptors (Lipinski definition) is 5. The fourth-order valence-electron chi connectivity index (χ4n) is 7.40. The van der Waals surface area contributed by atoms with Gasteiger partial charge in [0.1, 0.15) is 5.56 Å². The third kappa shape index (κ3) is 4.03. The van der Waals surface area contributed by atoms with Crippen molar-refractivity contribution in [2.45, 2.75) is 71.1 Å². The topological polar surface area (TPSA) is 114 Å². The highest BCUT2D eigenvalue weighted by atomic mass is 16.6. The highest BCUT2D eigenvalue weighted by molar-refractivity contribution is 5.98. The van der Waals surface area contributed by atoms with Crippen LogP contribution in [0.2, 0.25) is 0 Å². The number of aromatic amines is 1. The van der Waals surface area contributed by atoms with Crippen LogP contribution in [0.25, 0.3) is 10.9 Å². The molecule has 2 aromatic carbocycles. The summed E-state index contributed by atoms with van der Waals surface area (Å²) in [6, 6.07) is 9.82. The Labute approximate surface area is 216 Å². The van der Waals surface area contributed by atoms with E-state index in [1.807, 2.05) is 30.6 Å². The first kappa shape index (κ1) is 25.1. The van der Waals surface area contributed by atoms with Crippen molar-refractivity contribution in [1.29, 1.82) is 0 Å². The number of nitrogens with one attached hydrogen (secondary N) is 1. The predicted octanol–water partition coefficient (Wildman–Crippen LogP) is 7.24. The van der Waals surface area contributed by atoms with E-state index in [0.29, 0.717) is 18.5 Å². The van der Waals surface area contributed by atoms with Crippen LogP contribution in [0.3, 0.4) is 0 Å². The maximum atomic E-state index is 12.3. The van der Waals surface area contributed by atoms with E-state index in [9.17, 15) is 20.2 Å². The second-order valence-corrected chi connectivity index (χ2v) is 11.6. The lowest BCUT2D eigenvalue weighted by Crippen LogP contribution is -2.50. The van der Waals surface area contributed by atoms with Gasteiger partial charge in [-0.25, -0.2) is 0 Å². The smallest absolute Gasteiger partial charge is 0.283 e. The highest BCUT2D eigenvalue weighted by Gasteiger charge is 2.54. The van der Waals surface area contributed by atoms with Gasteiger partial charge in [-0.3, -0.25) is 25.2 Å². The highest BCUT2D eigenvalue weighted by Crippen LogP contribution is 2.59. The number of nitrogens with zero attached hydrogens (tertiary/aromatic N) is 3. The van der Waals surface area contributed by atoms with Crippen LogP contribution >= 0.6 is 0 Å². The molecule has 3 atom stereocenters. The van der Waals surface area contributed by atoms with Crippen molar-refractivity contribution in [1.82, 2.24) is 4.98 Å². The van der Waals surface area contributed by atoms with E-state index >= 15 is 0 Å². The zero-order valence-electron chi connectivity index (χ0n) is 21.9. The van der Waals surface area contributed by atoms with Gasteiger partial charge in [-0.1, -0.05) is 52.3 Å². The second-order valence-electron chi connectivity index (χ2n) is 11.6. The number of H-pyrrole nitrogens is 1. The van der Waals surface area contributed by atoms with Crippen molar-refractivity contribution < 1.29 is 9.85 Å². The fraction of sp³-hybridized carbons (Fsp3) is 0.483. The molecule has 5 rings (SSSR count). The molecule has 1 heterocycles. The van der Waals surface area contributed by atoms with Crippen LogP contribution in [0.1, 0.15) is 81.5 Å². The Bertz CT molecular complexity index is 1420. The summed E-state index contributed by atoms with van der Waals surface area (Å²) in [7, 11) is 0. The molecular formula is C29H34N4O4. The van der Waals surface area contributed by atoms with Crippen molar-refractivity contribution >= 4 is 28.5 Å². The van der Waals surface area contributed by atoms with Crippen LogP contribution in [0.5, 0.6) is 0 Å². The van der Waals surface area contributed by atoms with Gasteiger partial charge in [-0.15, -0.1) is 0 Å². The normalized spacial score (nSPS) is 25.4. The van der Waals surface area contributed by atoms with Crippen molar-refractivity contribution in [2.75, 3.05) is 6.54 Å². The van der Waals surface area contributed by atoms with Gasteiger partial charge in [-0.05, 0) is 60.0 Å². The van der Waals surface area contributed by atoms with Gasteiger partial charge in [0, 0.05) is 47.1 Å². The molecule has 3 unspecified atom stereocenters. The summed E-state index contributed by atoms with van der Waals surface area (Å²) in [5, 5.41) is 25.5. The Morgan fingerprint density at radius 1 is 1.16 bits per heavy atom. The first-order chi connectivity index (χ1) is 17.6. The third-order valence-corrected chi connectivity index (χ3v) is 9.04. The number of hydrogen-bond donors (Lipinski definition) is 1. The van der Waals surface area contributed by atoms with Crippen molar-refractivity contribution in [2.24, 2.45) is 16.3 Å². The molecule has 37 heavy (non-hydrogen) atoms. The van der Waals surface area contributed by atoms with Crippen LogP contribution < -0.4 is 0 Å². The molecule has 8 heteroatoms. The standard InChI is InChI=1S/C29H34N4O4/c1-18(2)26-24(32(34)35)14-22-21(27(26)33(36)37)10-11-25-28(3,12-7-13-29(22,25)4)17-30-15-19-16-31-23-9-6-5-8-20(19)23/h5-6,8-9,14-16,18,25,31H,7,10-13,17H2,1-4H3. The molecule has 0 saturated heterocycles. The number of fused-ring (bicyclic) bond motifs is 4. The largest absolute Gasteiger partial charge is 0.361 e. The molecule has 2 aliphatic carbocycles. The molecule has 3 aromatic rings. The number of nitro benzene ring substituents is 2. The number of benzene rings is 2. The molecule has 0 spiro atoms. The van der Waals surface area contributed by atoms with Crippen LogP contribution in [0.4, 0.5) is 11.4 Å². The van der Waals surface area contributed by atoms with Gasteiger partial charge >= 0.3 is 0 Å². The first-order valence-corrected chi connectivity index (χ1v) is 13.1. The van der Waals surface area contributed by atoms with Crippen LogP contribution in [0, 0.1) is 31.6 Å². The average molecular weight is 503 g/mol. The summed E-state index contributed by atoms with van der Waals surface area (Å²) in [4.78, 5) is 31.7. The van der Waals surface area contributed by atoms with Gasteiger partial charge in [-0.2, -0.15) is 0 Å². The zero-order valence-corrected chi connectivity index (χ0v) is 21.9. The molecule has 2 aliphatic rings. The summed E-state index contributed by atoms with van der Waals surface area (Å²) < 4.78 is 0. The zero-order chi connectivity index (χ0) is 26.5. The van der Waals surface area contributed by atoms with Crippen molar-refractivity contribution in [3.8, 4) is 0 Å². The summed E-state index contributed by atoms with van der Waals surface area (Å²) in [5.74, 6) is -0.0856. The molecule has 0 aliphatic heterocycles. The molecular weight excluding hydrogens is 468 g/mol. The fourth-order valence-corrected chi connectivity index (χ4v) is 7.40. The summed E-state index contributed by atoms with van der Waals surface area (Å²) in [5.41, 5.74) is 3.25. The third-order valence-electron chi connectivity index (χ3n) is 9.04. The van der Waals surface area contributed by atoms with E-state index in [-0.39, 0.29) is 39.6 Å². The Hall–Kier alpha value is -3.55. The molecule has 1 N–H and O–H groups in total. The minimum Gasteiger partial charge on any atom is -0.361 e. The van der Waals surface area contributed by atoms with Gasteiger partial charge < -0.3 is 4.98 Å². The predicted molar refractivity (Wildman–Crippen MR) is 146 cm³/mol. The van der Waals surface area contributed by atoms with Crippen LogP contribution in [-0.4, -0.2) is 27.6 Å². The maximum absolute atomic E-state index is 12.3. The molecule has 8 nitrogen and oxygen atoms in total. The maximum Gasteiger partial charge on any atom is 0.283 e. The Morgan fingerprint density at radius 2 is 1.92 bits per heavy atom. The molecule has 194 valence electrons. The van der Waals surface area contributed by atoms with Gasteiger partial charge in [0.15, 0.2) is 0 Å². The number of para-hydroxylation sites is 1. The molecule has 1 aromatic heterocycles. The van der Waals surface area contributed by atoms with Crippen LogP contribution in [0.15, 0.2) is 41.5 Å². The van der Waals surface area contributed by atoms with Crippen molar-refractivity contribution in [3.05, 3.63) is 79.0 Å². The van der Waals surface area contributed by atoms with Crippen LogP contribution in [-0.2, 0) is 11.8 Å². The average Bonchev–Trinajstić information content (AvgIpc) is 3.25. The van der Waals surface area contributed by atoms with Gasteiger partial charge in [0.2, 0.25) is 0 Å². The molecule has 0 bridgehead atoms. The van der Waals surface area contributed by atoms with Crippen molar-refractivity contribution in [3.63, 3.8) is 0 Å². The number of aromatic nitrogens is 1. The quantitative estimate of drug-likeness (QED) is 0.217. The van der Waals surface area contributed by atoms with E-state index in [1.54, 1.807) is 19.9 Å². The number of rotatable bonds is 6. The molecule has 0 radical (unpaired) electrons. The number of nitro groups is 2.